The van der Waals surface area contributed by atoms with E-state index in [1.807, 2.05) is 64.9 Å². The maximum atomic E-state index is 13.4. The zero-order valence-electron chi connectivity index (χ0n) is 18.0. The maximum absolute atomic E-state index is 13.4. The van der Waals surface area contributed by atoms with Gasteiger partial charge in [-0.2, -0.15) is 0 Å². The van der Waals surface area contributed by atoms with E-state index in [-0.39, 0.29) is 17.2 Å². The van der Waals surface area contributed by atoms with Crippen molar-refractivity contribution in [1.82, 2.24) is 14.8 Å². The summed E-state index contributed by atoms with van der Waals surface area (Å²) in [4.78, 5) is 15.3. The topological polar surface area (TPSA) is 60.2 Å². The molecule has 0 N–H and O–H groups in total. The van der Waals surface area contributed by atoms with Crippen LogP contribution in [0.4, 0.5) is 5.69 Å². The molecule has 2 heterocycles. The van der Waals surface area contributed by atoms with Crippen LogP contribution >= 0.6 is 11.8 Å². The first-order chi connectivity index (χ1) is 15.0. The molecule has 0 fully saturated rings. The summed E-state index contributed by atoms with van der Waals surface area (Å²) in [6.07, 6.45) is 2.69. The molecule has 31 heavy (non-hydrogen) atoms. The average molecular weight is 435 g/mol. The Morgan fingerprint density at radius 1 is 1.26 bits per heavy atom. The van der Waals surface area contributed by atoms with Gasteiger partial charge in [0, 0.05) is 23.8 Å². The number of methoxy groups -OCH3 is 1. The second-order valence-corrected chi connectivity index (χ2v) is 8.89. The van der Waals surface area contributed by atoms with Crippen LogP contribution in [0.5, 0.6) is 5.75 Å². The van der Waals surface area contributed by atoms with Gasteiger partial charge in [0.25, 0.3) is 0 Å². The Bertz CT molecular complexity index is 1090. The highest BCUT2D eigenvalue weighted by Gasteiger charge is 2.34. The summed E-state index contributed by atoms with van der Waals surface area (Å²) in [7, 11) is 1.64. The number of anilines is 1. The Labute approximate surface area is 186 Å². The molecular weight excluding hydrogens is 408 g/mol. The van der Waals surface area contributed by atoms with Crippen molar-refractivity contribution in [3.63, 3.8) is 0 Å². The number of aromatic nitrogens is 3. The SMILES string of the molecule is C=CCn1c(S[C@@H](C)C(=O)N2c3ccccc3C[C@H]2C)nnc1-c1ccc(OC)cc1. The molecule has 0 bridgehead atoms. The summed E-state index contributed by atoms with van der Waals surface area (Å²) in [6.45, 7) is 8.45. The zero-order chi connectivity index (χ0) is 22.0. The number of carbonyl (C=O) groups excluding carboxylic acids is 1. The van der Waals surface area contributed by atoms with Crippen LogP contribution in [0.3, 0.4) is 0 Å². The van der Waals surface area contributed by atoms with E-state index in [1.54, 1.807) is 7.11 Å². The van der Waals surface area contributed by atoms with Crippen LogP contribution in [-0.4, -0.2) is 39.1 Å². The Morgan fingerprint density at radius 2 is 2.00 bits per heavy atom. The average Bonchev–Trinajstić information content (AvgIpc) is 3.33. The molecule has 7 heteroatoms. The van der Waals surface area contributed by atoms with Gasteiger partial charge in [-0.25, -0.2) is 0 Å². The molecule has 1 aromatic heterocycles. The Hall–Kier alpha value is -3.06. The lowest BCUT2D eigenvalue weighted by molar-refractivity contribution is -0.118. The summed E-state index contributed by atoms with van der Waals surface area (Å²) in [5, 5.41) is 9.19. The molecule has 3 aromatic rings. The van der Waals surface area contributed by atoms with E-state index in [4.69, 9.17) is 4.74 Å². The minimum Gasteiger partial charge on any atom is -0.497 e. The summed E-state index contributed by atoms with van der Waals surface area (Å²) in [5.41, 5.74) is 3.17. The number of allylic oxidation sites excluding steroid dienone is 1. The third-order valence-electron chi connectivity index (χ3n) is 5.45. The quantitative estimate of drug-likeness (QED) is 0.402. The molecule has 0 saturated heterocycles. The molecule has 1 amide bonds. The van der Waals surface area contributed by atoms with Gasteiger partial charge in [0.05, 0.1) is 12.4 Å². The normalized spacial score (nSPS) is 16.1. The highest BCUT2D eigenvalue weighted by molar-refractivity contribution is 8.00. The number of amides is 1. The van der Waals surface area contributed by atoms with E-state index >= 15 is 0 Å². The number of hydrogen-bond acceptors (Lipinski definition) is 5. The molecule has 0 radical (unpaired) electrons. The van der Waals surface area contributed by atoms with Gasteiger partial charge in [-0.05, 0) is 56.2 Å². The Kier molecular flexibility index (Phi) is 6.13. The second-order valence-electron chi connectivity index (χ2n) is 7.58. The Morgan fingerprint density at radius 3 is 2.71 bits per heavy atom. The first-order valence-electron chi connectivity index (χ1n) is 10.3. The number of thioether (sulfide) groups is 1. The number of fused-ring (bicyclic) bond motifs is 1. The van der Waals surface area contributed by atoms with Crippen LogP contribution in [0.25, 0.3) is 11.4 Å². The molecule has 1 aliphatic rings. The van der Waals surface area contributed by atoms with Crippen LogP contribution in [0.1, 0.15) is 19.4 Å². The number of nitrogens with zero attached hydrogens (tertiary/aromatic N) is 4. The van der Waals surface area contributed by atoms with E-state index in [9.17, 15) is 4.79 Å². The minimum absolute atomic E-state index is 0.0848. The van der Waals surface area contributed by atoms with E-state index in [0.717, 1.165) is 29.2 Å². The molecule has 2 atom stereocenters. The largest absolute Gasteiger partial charge is 0.497 e. The van der Waals surface area contributed by atoms with E-state index < -0.39 is 0 Å². The Balaban J connectivity index is 1.58. The molecule has 6 nitrogen and oxygen atoms in total. The first-order valence-corrected chi connectivity index (χ1v) is 11.2. The van der Waals surface area contributed by atoms with Crippen LogP contribution in [0.2, 0.25) is 0 Å². The number of hydrogen-bond donors (Lipinski definition) is 0. The number of carbonyl (C=O) groups is 1. The van der Waals surface area contributed by atoms with Crippen molar-refractivity contribution in [2.45, 2.75) is 43.3 Å². The van der Waals surface area contributed by atoms with Gasteiger partial charge in [-0.3, -0.25) is 9.36 Å². The number of para-hydroxylation sites is 1. The molecule has 4 rings (SSSR count). The van der Waals surface area contributed by atoms with E-state index in [1.165, 1.54) is 17.3 Å². The van der Waals surface area contributed by atoms with Crippen molar-refractivity contribution < 1.29 is 9.53 Å². The van der Waals surface area contributed by atoms with Gasteiger partial charge in [-0.1, -0.05) is 36.0 Å². The van der Waals surface area contributed by atoms with Crippen LogP contribution in [0, 0.1) is 0 Å². The minimum atomic E-state index is -0.301. The van der Waals surface area contributed by atoms with E-state index in [0.29, 0.717) is 11.7 Å². The smallest absolute Gasteiger partial charge is 0.240 e. The predicted molar refractivity (Wildman–Crippen MR) is 125 cm³/mol. The van der Waals surface area contributed by atoms with Gasteiger partial charge in [0.2, 0.25) is 5.91 Å². The fourth-order valence-corrected chi connectivity index (χ4v) is 4.84. The summed E-state index contributed by atoms with van der Waals surface area (Å²) < 4.78 is 7.23. The van der Waals surface area contributed by atoms with Crippen molar-refractivity contribution in [3.05, 3.63) is 66.7 Å². The lowest BCUT2D eigenvalue weighted by Gasteiger charge is -2.25. The standard InChI is InChI=1S/C24H26N4O2S/c1-5-14-27-22(18-10-12-20(30-4)13-11-18)25-26-24(27)31-17(3)23(29)28-16(2)15-19-8-6-7-9-21(19)28/h5-13,16-17H,1,14-15H2,2-4H3/t16-,17+/m1/s1. The number of rotatable bonds is 7. The third kappa shape index (κ3) is 4.10. The van der Waals surface area contributed by atoms with E-state index in [2.05, 4.69) is 29.8 Å². The highest BCUT2D eigenvalue weighted by Crippen LogP contribution is 2.35. The van der Waals surface area contributed by atoms with Gasteiger partial charge in [0.15, 0.2) is 11.0 Å². The second kappa shape index (κ2) is 8.98. The monoisotopic (exact) mass is 434 g/mol. The predicted octanol–water partition coefficient (Wildman–Crippen LogP) is 4.60. The molecule has 0 aliphatic carbocycles. The summed E-state index contributed by atoms with van der Waals surface area (Å²) >= 11 is 1.43. The molecule has 0 spiro atoms. The molecule has 0 unspecified atom stereocenters. The third-order valence-corrected chi connectivity index (χ3v) is 6.52. The van der Waals surface area contributed by atoms with Crippen molar-refractivity contribution >= 4 is 23.4 Å². The van der Waals surface area contributed by atoms with Crippen LogP contribution in [0.15, 0.2) is 66.3 Å². The molecule has 0 saturated carbocycles. The van der Waals surface area contributed by atoms with Crippen molar-refractivity contribution in [1.29, 1.82) is 0 Å². The fraction of sp³-hybridized carbons (Fsp3) is 0.292. The number of ether oxygens (including phenoxy) is 1. The highest BCUT2D eigenvalue weighted by atomic mass is 32.2. The molecular formula is C24H26N4O2S. The van der Waals surface area contributed by atoms with Crippen LogP contribution < -0.4 is 9.64 Å². The van der Waals surface area contributed by atoms with Crippen molar-refractivity contribution in [3.8, 4) is 17.1 Å². The first kappa shape index (κ1) is 21.2. The zero-order valence-corrected chi connectivity index (χ0v) is 18.8. The van der Waals surface area contributed by atoms with Gasteiger partial charge in [-0.15, -0.1) is 16.8 Å². The number of benzene rings is 2. The molecule has 1 aliphatic heterocycles. The van der Waals surface area contributed by atoms with Gasteiger partial charge < -0.3 is 9.64 Å². The lowest BCUT2D eigenvalue weighted by Crippen LogP contribution is -2.40. The maximum Gasteiger partial charge on any atom is 0.240 e. The summed E-state index contributed by atoms with van der Waals surface area (Å²) in [5.74, 6) is 1.61. The molecule has 2 aromatic carbocycles. The molecule has 160 valence electrons. The van der Waals surface area contributed by atoms with Crippen molar-refractivity contribution in [2.75, 3.05) is 12.0 Å². The summed E-state index contributed by atoms with van der Waals surface area (Å²) in [6, 6.07) is 16.0. The lowest BCUT2D eigenvalue weighted by atomic mass is 10.1. The van der Waals surface area contributed by atoms with Crippen LogP contribution in [-0.2, 0) is 17.8 Å². The van der Waals surface area contributed by atoms with Gasteiger partial charge >= 0.3 is 0 Å². The van der Waals surface area contributed by atoms with Gasteiger partial charge in [0.1, 0.15) is 5.75 Å². The van der Waals surface area contributed by atoms with Crippen molar-refractivity contribution in [2.24, 2.45) is 0 Å². The fourth-order valence-electron chi connectivity index (χ4n) is 3.93.